The van der Waals surface area contributed by atoms with Crippen LogP contribution in [-0.4, -0.2) is 34.7 Å². The molecule has 0 bridgehead atoms. The van der Waals surface area contributed by atoms with Crippen LogP contribution in [0.5, 0.6) is 0 Å². The van der Waals surface area contributed by atoms with Gasteiger partial charge in [-0.25, -0.2) is 4.98 Å². The van der Waals surface area contributed by atoms with E-state index in [1.807, 2.05) is 6.20 Å². The average molecular weight is 436 g/mol. The Labute approximate surface area is 151 Å². The monoisotopic (exact) mass is 436 g/mol. The molecule has 9 heteroatoms. The Morgan fingerprint density at radius 3 is 2.82 bits per heavy atom. The summed E-state index contributed by atoms with van der Waals surface area (Å²) in [4.78, 5) is 14.0. The standard InChI is InChI=1S/C13H20N6OS.HI/c1-4-10-7-16-12(21-10)5-6-15-13(14-3)17-8-11-18-9(2)20-19-11;/h7H,4-6,8H2,1-3H3,(H2,14,15,17);1H. The minimum Gasteiger partial charge on any atom is -0.356 e. The van der Waals surface area contributed by atoms with E-state index in [1.165, 1.54) is 4.88 Å². The summed E-state index contributed by atoms with van der Waals surface area (Å²) >= 11 is 1.76. The van der Waals surface area contributed by atoms with Crippen LogP contribution in [0.15, 0.2) is 15.7 Å². The van der Waals surface area contributed by atoms with Gasteiger partial charge in [0.05, 0.1) is 11.6 Å². The lowest BCUT2D eigenvalue weighted by molar-refractivity contribution is 0.387. The molecule has 0 saturated carbocycles. The molecule has 2 N–H and O–H groups in total. The molecule has 0 aliphatic carbocycles. The molecule has 0 atom stereocenters. The number of thiazole rings is 1. The van der Waals surface area contributed by atoms with E-state index < -0.39 is 0 Å². The largest absolute Gasteiger partial charge is 0.356 e. The third-order valence-corrected chi connectivity index (χ3v) is 3.99. The van der Waals surface area contributed by atoms with Crippen molar-refractivity contribution >= 4 is 41.3 Å². The number of hydrogen-bond donors (Lipinski definition) is 2. The van der Waals surface area contributed by atoms with Gasteiger partial charge in [0.1, 0.15) is 0 Å². The second kappa shape index (κ2) is 9.72. The molecule has 0 radical (unpaired) electrons. The number of halogens is 1. The number of hydrogen-bond acceptors (Lipinski definition) is 6. The molecule has 0 aliphatic heterocycles. The average Bonchev–Trinajstić information content (AvgIpc) is 3.11. The summed E-state index contributed by atoms with van der Waals surface area (Å²) in [7, 11) is 1.73. The van der Waals surface area contributed by atoms with Gasteiger partial charge in [-0.05, 0) is 6.42 Å². The molecule has 2 aromatic rings. The zero-order valence-corrected chi connectivity index (χ0v) is 16.1. The van der Waals surface area contributed by atoms with Crippen LogP contribution in [0.4, 0.5) is 0 Å². The molecule has 0 unspecified atom stereocenters. The van der Waals surface area contributed by atoms with Gasteiger partial charge in [0.2, 0.25) is 5.89 Å². The van der Waals surface area contributed by atoms with Crippen LogP contribution < -0.4 is 10.6 Å². The first kappa shape index (κ1) is 18.8. The Kier molecular flexibility index (Phi) is 8.31. The molecular formula is C13H21IN6OS. The Balaban J connectivity index is 0.00000242. The normalized spacial score (nSPS) is 11.1. The predicted octanol–water partition coefficient (Wildman–Crippen LogP) is 1.92. The first-order valence-corrected chi connectivity index (χ1v) is 7.70. The number of rotatable bonds is 6. The zero-order valence-electron chi connectivity index (χ0n) is 12.9. The molecule has 2 aromatic heterocycles. The van der Waals surface area contributed by atoms with Crippen molar-refractivity contribution in [3.63, 3.8) is 0 Å². The molecule has 22 heavy (non-hydrogen) atoms. The molecule has 0 aromatic carbocycles. The highest BCUT2D eigenvalue weighted by Crippen LogP contribution is 2.13. The number of aromatic nitrogens is 3. The Bertz CT molecular complexity index is 597. The lowest BCUT2D eigenvalue weighted by Gasteiger charge is -2.09. The second-order valence-electron chi connectivity index (χ2n) is 4.41. The Hall–Kier alpha value is -1.23. The lowest BCUT2D eigenvalue weighted by atomic mass is 10.4. The van der Waals surface area contributed by atoms with E-state index in [0.717, 1.165) is 24.4 Å². The van der Waals surface area contributed by atoms with Crippen molar-refractivity contribution in [3.05, 3.63) is 27.8 Å². The molecule has 7 nitrogen and oxygen atoms in total. The van der Waals surface area contributed by atoms with Gasteiger partial charge in [-0.3, -0.25) is 4.99 Å². The van der Waals surface area contributed by atoms with Crippen LogP contribution in [-0.2, 0) is 19.4 Å². The highest BCUT2D eigenvalue weighted by molar-refractivity contribution is 14.0. The summed E-state index contributed by atoms with van der Waals surface area (Å²) in [5, 5.41) is 11.3. The molecule has 0 spiro atoms. The minimum atomic E-state index is 0. The van der Waals surface area contributed by atoms with Gasteiger partial charge in [0.15, 0.2) is 11.8 Å². The number of aliphatic imine (C=N–C) groups is 1. The maximum absolute atomic E-state index is 4.91. The second-order valence-corrected chi connectivity index (χ2v) is 5.61. The molecule has 122 valence electrons. The first-order valence-electron chi connectivity index (χ1n) is 6.88. The number of nitrogens with one attached hydrogen (secondary N) is 2. The molecular weight excluding hydrogens is 415 g/mol. The number of aryl methyl sites for hydroxylation is 2. The fourth-order valence-corrected chi connectivity index (χ4v) is 2.57. The van der Waals surface area contributed by atoms with Crippen molar-refractivity contribution in [1.29, 1.82) is 0 Å². The number of guanidine groups is 1. The van der Waals surface area contributed by atoms with E-state index in [-0.39, 0.29) is 24.0 Å². The maximum atomic E-state index is 4.91. The van der Waals surface area contributed by atoms with E-state index >= 15 is 0 Å². The van der Waals surface area contributed by atoms with Crippen molar-refractivity contribution in [2.24, 2.45) is 4.99 Å². The third kappa shape index (κ3) is 5.87. The van der Waals surface area contributed by atoms with Crippen molar-refractivity contribution < 1.29 is 4.52 Å². The summed E-state index contributed by atoms with van der Waals surface area (Å²) in [5.41, 5.74) is 0. The first-order chi connectivity index (χ1) is 10.2. The molecule has 2 rings (SSSR count). The SMILES string of the molecule is CCc1cnc(CCNC(=NC)NCc2noc(C)n2)s1.I. The van der Waals surface area contributed by atoms with Gasteiger partial charge in [-0.1, -0.05) is 12.1 Å². The molecule has 2 heterocycles. The summed E-state index contributed by atoms with van der Waals surface area (Å²) < 4.78 is 4.91. The van der Waals surface area contributed by atoms with Crippen molar-refractivity contribution in [2.75, 3.05) is 13.6 Å². The third-order valence-electron chi connectivity index (χ3n) is 2.79. The van der Waals surface area contributed by atoms with E-state index in [0.29, 0.717) is 24.2 Å². The van der Waals surface area contributed by atoms with Crippen LogP contribution in [0, 0.1) is 6.92 Å². The van der Waals surface area contributed by atoms with Gasteiger partial charge in [0, 0.05) is 38.0 Å². The molecule has 0 amide bonds. The van der Waals surface area contributed by atoms with Gasteiger partial charge >= 0.3 is 0 Å². The zero-order chi connectivity index (χ0) is 15.1. The quantitative estimate of drug-likeness (QED) is 0.409. The van der Waals surface area contributed by atoms with Crippen molar-refractivity contribution in [1.82, 2.24) is 25.8 Å². The van der Waals surface area contributed by atoms with Crippen LogP contribution in [0.1, 0.15) is 28.5 Å². The van der Waals surface area contributed by atoms with E-state index in [4.69, 9.17) is 4.52 Å². The maximum Gasteiger partial charge on any atom is 0.223 e. The fourth-order valence-electron chi connectivity index (χ4n) is 1.71. The highest BCUT2D eigenvalue weighted by atomic mass is 127. The molecule has 0 fully saturated rings. The number of nitrogens with zero attached hydrogens (tertiary/aromatic N) is 4. The fraction of sp³-hybridized carbons (Fsp3) is 0.538. The van der Waals surface area contributed by atoms with E-state index in [2.05, 4.69) is 37.7 Å². The predicted molar refractivity (Wildman–Crippen MR) is 97.8 cm³/mol. The van der Waals surface area contributed by atoms with Gasteiger partial charge < -0.3 is 15.2 Å². The van der Waals surface area contributed by atoms with Crippen LogP contribution in [0.3, 0.4) is 0 Å². The summed E-state index contributed by atoms with van der Waals surface area (Å²) in [6.45, 7) is 5.17. The Morgan fingerprint density at radius 2 is 2.23 bits per heavy atom. The Morgan fingerprint density at radius 1 is 1.41 bits per heavy atom. The lowest BCUT2D eigenvalue weighted by Crippen LogP contribution is -2.38. The van der Waals surface area contributed by atoms with Gasteiger partial charge in [-0.2, -0.15) is 4.98 Å². The minimum absolute atomic E-state index is 0. The van der Waals surface area contributed by atoms with E-state index in [1.54, 1.807) is 25.3 Å². The van der Waals surface area contributed by atoms with E-state index in [9.17, 15) is 0 Å². The topological polar surface area (TPSA) is 88.2 Å². The molecule has 0 aliphatic rings. The summed E-state index contributed by atoms with van der Waals surface area (Å²) in [6.07, 6.45) is 3.87. The van der Waals surface area contributed by atoms with Crippen molar-refractivity contribution in [3.8, 4) is 0 Å². The summed E-state index contributed by atoms with van der Waals surface area (Å²) in [6, 6.07) is 0. The van der Waals surface area contributed by atoms with Crippen LogP contribution >= 0.6 is 35.3 Å². The smallest absolute Gasteiger partial charge is 0.223 e. The van der Waals surface area contributed by atoms with Crippen molar-refractivity contribution in [2.45, 2.75) is 33.2 Å². The van der Waals surface area contributed by atoms with Crippen LogP contribution in [0.2, 0.25) is 0 Å². The van der Waals surface area contributed by atoms with Gasteiger partial charge in [-0.15, -0.1) is 35.3 Å². The van der Waals surface area contributed by atoms with Crippen LogP contribution in [0.25, 0.3) is 0 Å². The highest BCUT2D eigenvalue weighted by Gasteiger charge is 2.04. The summed E-state index contributed by atoms with van der Waals surface area (Å²) in [5.74, 6) is 1.89. The van der Waals surface area contributed by atoms with Gasteiger partial charge in [0.25, 0.3) is 0 Å². The molecule has 0 saturated heterocycles.